The van der Waals surface area contributed by atoms with Crippen LogP contribution in [0.2, 0.25) is 0 Å². The zero-order valence-electron chi connectivity index (χ0n) is 19.0. The highest BCUT2D eigenvalue weighted by atomic mass is 16.2. The summed E-state index contributed by atoms with van der Waals surface area (Å²) in [4.78, 5) is 67.2. The molecule has 1 saturated heterocycles. The van der Waals surface area contributed by atoms with E-state index in [2.05, 4.69) is 15.6 Å². The van der Waals surface area contributed by atoms with Crippen molar-refractivity contribution in [3.8, 4) is 0 Å². The van der Waals surface area contributed by atoms with E-state index in [4.69, 9.17) is 5.73 Å². The molecule has 3 atom stereocenters. The number of amides is 5. The van der Waals surface area contributed by atoms with E-state index in [1.54, 1.807) is 30.5 Å². The second-order valence-electron chi connectivity index (χ2n) is 9.16. The molecule has 1 aromatic heterocycles. The molecular formula is C25H25N5O5. The molecule has 5 amide bonds. The lowest BCUT2D eigenvalue weighted by molar-refractivity contribution is -0.136. The number of nitrogens with zero attached hydrogens (tertiary/aromatic N) is 2. The molecule has 180 valence electrons. The van der Waals surface area contributed by atoms with Crippen molar-refractivity contribution in [3.63, 3.8) is 0 Å². The van der Waals surface area contributed by atoms with Gasteiger partial charge in [0.05, 0.1) is 11.1 Å². The molecule has 4 N–H and O–H groups in total. The van der Waals surface area contributed by atoms with E-state index < -0.39 is 35.6 Å². The molecule has 3 unspecified atom stereocenters. The predicted molar refractivity (Wildman–Crippen MR) is 124 cm³/mol. The minimum atomic E-state index is -1.01. The van der Waals surface area contributed by atoms with Gasteiger partial charge in [-0.25, -0.2) is 0 Å². The van der Waals surface area contributed by atoms with Crippen LogP contribution < -0.4 is 16.4 Å². The van der Waals surface area contributed by atoms with Gasteiger partial charge in [-0.3, -0.25) is 39.2 Å². The van der Waals surface area contributed by atoms with Crippen molar-refractivity contribution in [2.45, 2.75) is 44.1 Å². The van der Waals surface area contributed by atoms with Gasteiger partial charge >= 0.3 is 0 Å². The molecule has 3 heterocycles. The molecule has 5 rings (SSSR count). The largest absolute Gasteiger partial charge is 0.384 e. The smallest absolute Gasteiger partial charge is 0.267 e. The quantitative estimate of drug-likeness (QED) is 0.537. The summed E-state index contributed by atoms with van der Waals surface area (Å²) < 4.78 is 0. The van der Waals surface area contributed by atoms with Crippen molar-refractivity contribution in [2.75, 3.05) is 11.9 Å². The molecule has 0 bridgehead atoms. The van der Waals surface area contributed by atoms with E-state index >= 15 is 0 Å². The highest BCUT2D eigenvalue weighted by molar-refractivity contribution is 6.25. The maximum absolute atomic E-state index is 13.3. The molecule has 35 heavy (non-hydrogen) atoms. The lowest BCUT2D eigenvalue weighted by Gasteiger charge is -2.28. The van der Waals surface area contributed by atoms with Crippen LogP contribution in [-0.2, 0) is 9.59 Å². The summed E-state index contributed by atoms with van der Waals surface area (Å²) in [5.74, 6) is -2.43. The van der Waals surface area contributed by atoms with Gasteiger partial charge in [-0.15, -0.1) is 0 Å². The number of fused-ring (bicyclic) bond motifs is 1. The van der Waals surface area contributed by atoms with Gasteiger partial charge < -0.3 is 11.1 Å². The molecule has 10 heteroatoms. The minimum absolute atomic E-state index is 0.0691. The minimum Gasteiger partial charge on any atom is -0.384 e. The SMILES string of the molecule is NC(=O)c1ncccc1C1CCCC1CNc1cccc2c1C(=O)N(C1CCC(=O)NC1=O)C2=O. The number of anilines is 1. The highest BCUT2D eigenvalue weighted by Crippen LogP contribution is 2.41. The van der Waals surface area contributed by atoms with Crippen LogP contribution in [-0.4, -0.2) is 52.0 Å². The van der Waals surface area contributed by atoms with Gasteiger partial charge in [0.25, 0.3) is 17.7 Å². The van der Waals surface area contributed by atoms with Crippen molar-refractivity contribution in [1.82, 2.24) is 15.2 Å². The Morgan fingerprint density at radius 2 is 1.91 bits per heavy atom. The molecule has 3 aliphatic rings. The van der Waals surface area contributed by atoms with Gasteiger partial charge in [0.2, 0.25) is 11.8 Å². The van der Waals surface area contributed by atoms with Gasteiger partial charge in [-0.05, 0) is 54.9 Å². The number of imide groups is 2. The number of piperidine rings is 1. The fraction of sp³-hybridized carbons (Fsp3) is 0.360. The van der Waals surface area contributed by atoms with Crippen LogP contribution in [0.5, 0.6) is 0 Å². The Morgan fingerprint density at radius 1 is 1.09 bits per heavy atom. The first-order valence-corrected chi connectivity index (χ1v) is 11.7. The Bertz CT molecular complexity index is 1260. The molecule has 0 radical (unpaired) electrons. The van der Waals surface area contributed by atoms with Crippen LogP contribution in [0.1, 0.15) is 74.8 Å². The summed E-state index contributed by atoms with van der Waals surface area (Å²) in [6, 6.07) is 7.67. The number of hydrogen-bond acceptors (Lipinski definition) is 7. The molecule has 1 aromatic carbocycles. The number of benzene rings is 1. The third-order valence-electron chi connectivity index (χ3n) is 7.15. The Morgan fingerprint density at radius 3 is 2.69 bits per heavy atom. The summed E-state index contributed by atoms with van der Waals surface area (Å²) >= 11 is 0. The van der Waals surface area contributed by atoms with E-state index in [9.17, 15) is 24.0 Å². The van der Waals surface area contributed by atoms with E-state index in [-0.39, 0.29) is 41.5 Å². The van der Waals surface area contributed by atoms with Crippen molar-refractivity contribution in [1.29, 1.82) is 0 Å². The number of carbonyl (C=O) groups is 5. The number of rotatable bonds is 6. The maximum Gasteiger partial charge on any atom is 0.267 e. The van der Waals surface area contributed by atoms with Crippen molar-refractivity contribution in [2.24, 2.45) is 11.7 Å². The number of hydrogen-bond donors (Lipinski definition) is 3. The summed E-state index contributed by atoms with van der Waals surface area (Å²) in [6.45, 7) is 0.522. The van der Waals surface area contributed by atoms with Gasteiger partial charge in [0.15, 0.2) is 0 Å². The number of nitrogens with one attached hydrogen (secondary N) is 2. The Balaban J connectivity index is 1.36. The second-order valence-corrected chi connectivity index (χ2v) is 9.16. The van der Waals surface area contributed by atoms with Crippen molar-refractivity contribution >= 4 is 35.2 Å². The molecule has 2 aliphatic heterocycles. The molecule has 10 nitrogen and oxygen atoms in total. The second kappa shape index (κ2) is 8.94. The lowest BCUT2D eigenvalue weighted by atomic mass is 9.87. The number of carbonyl (C=O) groups excluding carboxylic acids is 5. The van der Waals surface area contributed by atoms with Crippen LogP contribution in [0.3, 0.4) is 0 Å². The number of pyridine rings is 1. The van der Waals surface area contributed by atoms with Crippen LogP contribution in [0, 0.1) is 5.92 Å². The normalized spacial score (nSPS) is 23.9. The van der Waals surface area contributed by atoms with Gasteiger partial charge in [-0.1, -0.05) is 18.6 Å². The molecule has 1 saturated carbocycles. The van der Waals surface area contributed by atoms with E-state index in [1.807, 2.05) is 6.07 Å². The van der Waals surface area contributed by atoms with Crippen LogP contribution in [0.15, 0.2) is 36.5 Å². The van der Waals surface area contributed by atoms with E-state index in [0.717, 1.165) is 29.7 Å². The first kappa shape index (κ1) is 22.7. The Hall–Kier alpha value is -4.08. The first-order valence-electron chi connectivity index (χ1n) is 11.7. The number of aromatic nitrogens is 1. The topological polar surface area (TPSA) is 152 Å². The van der Waals surface area contributed by atoms with Crippen molar-refractivity contribution < 1.29 is 24.0 Å². The Kier molecular flexibility index (Phi) is 5.80. The van der Waals surface area contributed by atoms with Crippen molar-refractivity contribution in [3.05, 3.63) is 58.9 Å². The van der Waals surface area contributed by atoms with Gasteiger partial charge in [-0.2, -0.15) is 0 Å². The Labute approximate surface area is 201 Å². The van der Waals surface area contributed by atoms with Crippen LogP contribution >= 0.6 is 0 Å². The summed E-state index contributed by atoms with van der Waals surface area (Å²) in [5, 5.41) is 5.54. The lowest BCUT2D eigenvalue weighted by Crippen LogP contribution is -2.54. The highest BCUT2D eigenvalue weighted by Gasteiger charge is 2.45. The molecule has 1 aliphatic carbocycles. The zero-order valence-corrected chi connectivity index (χ0v) is 19.0. The number of primary amides is 1. The molecule has 2 fully saturated rings. The van der Waals surface area contributed by atoms with E-state index in [0.29, 0.717) is 12.2 Å². The maximum atomic E-state index is 13.3. The summed E-state index contributed by atoms with van der Waals surface area (Å²) in [5.41, 5.74) is 7.63. The monoisotopic (exact) mass is 475 g/mol. The summed E-state index contributed by atoms with van der Waals surface area (Å²) in [6.07, 6.45) is 4.53. The fourth-order valence-electron chi connectivity index (χ4n) is 5.52. The molecule has 2 aromatic rings. The average molecular weight is 476 g/mol. The summed E-state index contributed by atoms with van der Waals surface area (Å²) in [7, 11) is 0. The van der Waals surface area contributed by atoms with Crippen LogP contribution in [0.4, 0.5) is 5.69 Å². The van der Waals surface area contributed by atoms with Gasteiger partial charge in [0, 0.05) is 24.8 Å². The zero-order chi connectivity index (χ0) is 24.7. The number of nitrogens with two attached hydrogens (primary N) is 1. The average Bonchev–Trinajstić information content (AvgIpc) is 3.41. The fourth-order valence-corrected chi connectivity index (χ4v) is 5.52. The third kappa shape index (κ3) is 3.94. The van der Waals surface area contributed by atoms with Crippen LogP contribution in [0.25, 0.3) is 0 Å². The standard InChI is InChI=1S/C25H25N5O5/c26-22(32)21-15(7-3-11-27-21)14-5-1-4-13(14)12-28-17-8-2-6-16-20(17)25(35)30(24(16)34)18-9-10-19(31)29-23(18)33/h2-3,6-8,11,13-14,18,28H,1,4-5,9-10,12H2,(H2,26,32)(H,29,31,33). The van der Waals surface area contributed by atoms with E-state index in [1.165, 1.54) is 0 Å². The first-order chi connectivity index (χ1) is 16.9. The van der Waals surface area contributed by atoms with Gasteiger partial charge in [0.1, 0.15) is 11.7 Å². The molecule has 0 spiro atoms. The molecular weight excluding hydrogens is 450 g/mol. The predicted octanol–water partition coefficient (Wildman–Crippen LogP) is 1.58. The third-order valence-corrected chi connectivity index (χ3v) is 7.15.